The first-order chi connectivity index (χ1) is 31.3. The Morgan fingerprint density at radius 3 is 1.91 bits per heavy atom. The smallest absolute Gasteiger partial charge is 0.336 e. The molecule has 14 rings (SSSR count). The van der Waals surface area contributed by atoms with Crippen molar-refractivity contribution in [1.29, 1.82) is 0 Å². The van der Waals surface area contributed by atoms with Gasteiger partial charge >= 0.3 is 6.85 Å². The second-order valence-corrected chi connectivity index (χ2v) is 19.2. The largest absolute Gasteiger partial charge is 0.456 e. The van der Waals surface area contributed by atoms with Gasteiger partial charge in [-0.2, -0.15) is 0 Å². The van der Waals surface area contributed by atoms with E-state index in [1.165, 1.54) is 94.7 Å². The second kappa shape index (κ2) is 12.5. The van der Waals surface area contributed by atoms with Crippen molar-refractivity contribution in [3.05, 3.63) is 221 Å². The van der Waals surface area contributed by atoms with Crippen LogP contribution in [0.2, 0.25) is 0 Å². The normalized spacial score (nSPS) is 14.6. The molecule has 0 unspecified atom stereocenters. The SMILES string of the molecule is Cc1cc2c3c(c1)N(c1ccc(C(C)(C)C)cc1-c1ccccc1)c1ccc4c(oc5ccccc54)c1B3N1c3ccccc3C3(c4ccccc4-c4ccccc43)c3cccc-2c31. The number of benzene rings is 9. The van der Waals surface area contributed by atoms with Gasteiger partial charge in [0.2, 0.25) is 0 Å². The zero-order chi connectivity index (χ0) is 42.6. The van der Waals surface area contributed by atoms with Crippen molar-refractivity contribution in [2.75, 3.05) is 9.71 Å². The Balaban J connectivity index is 1.15. The van der Waals surface area contributed by atoms with E-state index in [4.69, 9.17) is 4.42 Å². The number of nitrogens with zero attached hydrogens (tertiary/aromatic N) is 2. The maximum Gasteiger partial charge on any atom is 0.336 e. The van der Waals surface area contributed by atoms with Gasteiger partial charge in [0.25, 0.3) is 0 Å². The van der Waals surface area contributed by atoms with Gasteiger partial charge < -0.3 is 14.1 Å². The van der Waals surface area contributed by atoms with Gasteiger partial charge in [0.05, 0.1) is 11.1 Å². The van der Waals surface area contributed by atoms with Crippen LogP contribution < -0.4 is 20.6 Å². The Bertz CT molecular complexity index is 3600. The minimum atomic E-state index is -0.510. The van der Waals surface area contributed by atoms with Crippen LogP contribution in [0.4, 0.5) is 28.4 Å². The molecular formula is C60H43BN2O. The van der Waals surface area contributed by atoms with E-state index in [1.807, 2.05) is 0 Å². The highest BCUT2D eigenvalue weighted by Gasteiger charge is 2.56. The number of aryl methyl sites for hydroxylation is 1. The highest BCUT2D eigenvalue weighted by atomic mass is 16.3. The first-order valence-corrected chi connectivity index (χ1v) is 22.6. The molecule has 0 N–H and O–H groups in total. The van der Waals surface area contributed by atoms with E-state index in [9.17, 15) is 0 Å². The van der Waals surface area contributed by atoms with Gasteiger partial charge in [0.1, 0.15) is 11.2 Å². The molecule has 0 atom stereocenters. The summed E-state index contributed by atoms with van der Waals surface area (Å²) >= 11 is 0. The Kier molecular flexibility index (Phi) is 7.05. The van der Waals surface area contributed by atoms with Crippen LogP contribution in [0.25, 0.3) is 55.3 Å². The number of para-hydroxylation sites is 3. The molecule has 1 aliphatic carbocycles. The monoisotopic (exact) mass is 818 g/mol. The maximum absolute atomic E-state index is 7.20. The van der Waals surface area contributed by atoms with Gasteiger partial charge in [-0.1, -0.05) is 166 Å². The van der Waals surface area contributed by atoms with Crippen molar-refractivity contribution in [2.45, 2.75) is 38.5 Å². The van der Waals surface area contributed by atoms with Crippen molar-refractivity contribution in [3.63, 3.8) is 0 Å². The quantitative estimate of drug-likeness (QED) is 0.162. The number of hydrogen-bond donors (Lipinski definition) is 0. The van der Waals surface area contributed by atoms with Crippen LogP contribution in [0.15, 0.2) is 192 Å². The zero-order valence-corrected chi connectivity index (χ0v) is 36.3. The summed E-state index contributed by atoms with van der Waals surface area (Å²) in [6.45, 7) is 8.99. The molecule has 10 aromatic rings. The molecule has 3 nitrogen and oxygen atoms in total. The van der Waals surface area contributed by atoms with Crippen molar-refractivity contribution < 1.29 is 4.42 Å². The number of hydrogen-bond acceptors (Lipinski definition) is 3. The first kappa shape index (κ1) is 36.0. The van der Waals surface area contributed by atoms with E-state index < -0.39 is 5.41 Å². The fraction of sp³-hybridized carbons (Fsp3) is 0.100. The molecule has 4 heteroatoms. The summed E-state index contributed by atoms with van der Waals surface area (Å²) in [4.78, 5) is 5.27. The zero-order valence-electron chi connectivity index (χ0n) is 36.3. The fourth-order valence-corrected chi connectivity index (χ4v) is 12.2. The molecule has 3 aliphatic heterocycles. The first-order valence-electron chi connectivity index (χ1n) is 22.6. The van der Waals surface area contributed by atoms with Gasteiger partial charge in [-0.3, -0.25) is 0 Å². The minimum absolute atomic E-state index is 0.0311. The summed E-state index contributed by atoms with van der Waals surface area (Å²) in [5, 5.41) is 2.27. The average molecular weight is 819 g/mol. The van der Waals surface area contributed by atoms with Crippen LogP contribution in [0.1, 0.15) is 54.2 Å². The predicted octanol–water partition coefficient (Wildman–Crippen LogP) is 14.2. The molecule has 302 valence electrons. The van der Waals surface area contributed by atoms with Gasteiger partial charge in [-0.15, -0.1) is 0 Å². The predicted molar refractivity (Wildman–Crippen MR) is 267 cm³/mol. The fourth-order valence-electron chi connectivity index (χ4n) is 12.2. The van der Waals surface area contributed by atoms with E-state index >= 15 is 0 Å². The van der Waals surface area contributed by atoms with Gasteiger partial charge in [0.15, 0.2) is 0 Å². The van der Waals surface area contributed by atoms with Crippen molar-refractivity contribution in [2.24, 2.45) is 0 Å². The molecule has 0 amide bonds. The molecule has 64 heavy (non-hydrogen) atoms. The number of anilines is 5. The van der Waals surface area contributed by atoms with Crippen LogP contribution in [0.5, 0.6) is 0 Å². The van der Waals surface area contributed by atoms with E-state index in [0.29, 0.717) is 0 Å². The molecule has 4 heterocycles. The summed E-state index contributed by atoms with van der Waals surface area (Å²) in [7, 11) is 0. The molecule has 0 fully saturated rings. The number of furan rings is 1. The molecule has 0 saturated carbocycles. The Hall–Kier alpha value is -7.56. The summed E-state index contributed by atoms with van der Waals surface area (Å²) < 4.78 is 7.20. The summed E-state index contributed by atoms with van der Waals surface area (Å²) in [6, 6.07) is 70.8. The van der Waals surface area contributed by atoms with Crippen LogP contribution in [-0.2, 0) is 10.8 Å². The Morgan fingerprint density at radius 1 is 0.469 bits per heavy atom. The molecule has 0 saturated heterocycles. The van der Waals surface area contributed by atoms with E-state index in [2.05, 4.69) is 225 Å². The molecule has 4 aliphatic rings. The Labute approximate surface area is 374 Å². The lowest BCUT2D eigenvalue weighted by Crippen LogP contribution is -2.63. The average Bonchev–Trinajstić information content (AvgIpc) is 3.85. The van der Waals surface area contributed by atoms with Gasteiger partial charge in [0, 0.05) is 50.1 Å². The van der Waals surface area contributed by atoms with Crippen molar-refractivity contribution in [3.8, 4) is 33.4 Å². The molecule has 0 radical (unpaired) electrons. The second-order valence-electron chi connectivity index (χ2n) is 19.2. The third-order valence-corrected chi connectivity index (χ3v) is 14.8. The van der Waals surface area contributed by atoms with E-state index in [1.54, 1.807) is 0 Å². The lowest BCUT2D eigenvalue weighted by Gasteiger charge is -2.52. The van der Waals surface area contributed by atoms with E-state index in [0.717, 1.165) is 33.3 Å². The minimum Gasteiger partial charge on any atom is -0.456 e. The topological polar surface area (TPSA) is 19.6 Å². The lowest BCUT2D eigenvalue weighted by molar-refractivity contribution is 0.590. The Morgan fingerprint density at radius 2 is 1.12 bits per heavy atom. The van der Waals surface area contributed by atoms with Crippen LogP contribution in [0, 0.1) is 6.92 Å². The molecule has 9 aromatic carbocycles. The standard InChI is InChI=1S/C60H43BN2O/c1-36-33-45-42-22-16-26-49-57(42)63(51-27-14-13-25-48(51)60(49)46-23-11-8-19-39(46)40-20-9-12-24-47(40)60)61-55(45)53(34-36)62(52-32-30-43-41-21-10-15-28-54(41)64-58(43)56(52)61)50-31-29-38(59(2,3)4)35-44(50)37-17-6-5-7-18-37/h5-35H,1-4H3. The number of fused-ring (bicyclic) bond motifs is 17. The van der Waals surface area contributed by atoms with Crippen LogP contribution in [-0.4, -0.2) is 6.85 Å². The van der Waals surface area contributed by atoms with Crippen LogP contribution in [0.3, 0.4) is 0 Å². The summed E-state index contributed by atoms with van der Waals surface area (Å²) in [5.41, 5.74) is 25.2. The molecule has 1 aromatic heterocycles. The molecule has 0 bridgehead atoms. The third-order valence-electron chi connectivity index (χ3n) is 14.8. The number of rotatable bonds is 2. The molecule has 1 spiro atoms. The van der Waals surface area contributed by atoms with Crippen molar-refractivity contribution in [1.82, 2.24) is 0 Å². The van der Waals surface area contributed by atoms with E-state index in [-0.39, 0.29) is 12.3 Å². The van der Waals surface area contributed by atoms with Gasteiger partial charge in [-0.25, -0.2) is 0 Å². The maximum atomic E-state index is 7.20. The highest BCUT2D eigenvalue weighted by molar-refractivity contribution is 6.95. The summed E-state index contributed by atoms with van der Waals surface area (Å²) in [6.07, 6.45) is 0. The van der Waals surface area contributed by atoms with Crippen molar-refractivity contribution >= 4 is 68.1 Å². The molecular weight excluding hydrogens is 775 g/mol. The lowest BCUT2D eigenvalue weighted by atomic mass is 9.42. The van der Waals surface area contributed by atoms with Crippen LogP contribution >= 0.6 is 0 Å². The van der Waals surface area contributed by atoms with Gasteiger partial charge in [-0.05, 0) is 116 Å². The highest BCUT2D eigenvalue weighted by Crippen LogP contribution is 2.65. The third kappa shape index (κ3) is 4.47. The summed E-state index contributed by atoms with van der Waals surface area (Å²) in [5.74, 6) is 0.